The van der Waals surface area contributed by atoms with Crippen LogP contribution in [-0.2, 0) is 19.9 Å². The Morgan fingerprint density at radius 3 is 2.34 bits per heavy atom. The smallest absolute Gasteiger partial charge is 0.265 e. The Labute approximate surface area is 169 Å². The summed E-state index contributed by atoms with van der Waals surface area (Å²) in [4.78, 5) is 3.84. The van der Waals surface area contributed by atoms with Crippen LogP contribution in [0.3, 0.4) is 0 Å². The van der Waals surface area contributed by atoms with Crippen LogP contribution in [0.1, 0.15) is 11.3 Å². The van der Waals surface area contributed by atoms with E-state index in [1.54, 1.807) is 32.0 Å². The Balaban J connectivity index is 2.06. The summed E-state index contributed by atoms with van der Waals surface area (Å²) in [6.07, 6.45) is 2.51. The van der Waals surface area contributed by atoms with E-state index < -0.39 is 19.9 Å². The lowest BCUT2D eigenvalue weighted by atomic mass is 10.1. The van der Waals surface area contributed by atoms with Gasteiger partial charge in [0.1, 0.15) is 16.9 Å². The highest BCUT2D eigenvalue weighted by Gasteiger charge is 2.23. The van der Waals surface area contributed by atoms with Crippen molar-refractivity contribution in [2.75, 3.05) is 18.1 Å². The Bertz CT molecular complexity index is 1280. The predicted octanol–water partition coefficient (Wildman–Crippen LogP) is 3.17. The lowest BCUT2D eigenvalue weighted by molar-refractivity contribution is 0.402. The molecular formula is C19H20N2O6S2. The minimum atomic E-state index is -4.15. The largest absolute Gasteiger partial charge is 0.495 e. The molecule has 0 bridgehead atoms. The summed E-state index contributed by atoms with van der Waals surface area (Å²) in [6.45, 7) is 3.53. The quantitative estimate of drug-likeness (QED) is 0.631. The van der Waals surface area contributed by atoms with E-state index in [1.165, 1.54) is 25.5 Å². The third-order valence-corrected chi connectivity index (χ3v) is 6.70. The summed E-state index contributed by atoms with van der Waals surface area (Å²) in [6, 6.07) is 8.78. The summed E-state index contributed by atoms with van der Waals surface area (Å²) in [5.41, 5.74) is 2.27. The van der Waals surface area contributed by atoms with E-state index in [-0.39, 0.29) is 15.5 Å². The minimum Gasteiger partial charge on any atom is -0.495 e. The Kier molecular flexibility index (Phi) is 5.42. The molecule has 10 heteroatoms. The third kappa shape index (κ3) is 4.43. The highest BCUT2D eigenvalue weighted by Crippen LogP contribution is 2.31. The van der Waals surface area contributed by atoms with Gasteiger partial charge in [-0.3, -0.25) is 4.72 Å². The summed E-state index contributed by atoms with van der Waals surface area (Å²) < 4.78 is 62.8. The molecule has 3 rings (SSSR count). The van der Waals surface area contributed by atoms with E-state index in [1.807, 2.05) is 0 Å². The van der Waals surface area contributed by atoms with Gasteiger partial charge in [0.05, 0.1) is 23.4 Å². The molecule has 2 aromatic carbocycles. The van der Waals surface area contributed by atoms with Crippen LogP contribution in [-0.4, -0.2) is 35.2 Å². The third-order valence-electron chi connectivity index (χ3n) is 4.20. The fourth-order valence-corrected chi connectivity index (χ4v) is 4.69. The molecule has 0 aliphatic carbocycles. The Hall–Kier alpha value is -2.85. The summed E-state index contributed by atoms with van der Waals surface area (Å²) >= 11 is 0. The summed E-state index contributed by atoms with van der Waals surface area (Å²) in [5, 5.41) is 0. The van der Waals surface area contributed by atoms with Crippen molar-refractivity contribution in [2.45, 2.75) is 23.6 Å². The first-order chi connectivity index (χ1) is 13.5. The van der Waals surface area contributed by atoms with Crippen LogP contribution in [0.2, 0.25) is 0 Å². The molecule has 0 spiro atoms. The van der Waals surface area contributed by atoms with Crippen LogP contribution < -0.4 is 9.46 Å². The van der Waals surface area contributed by atoms with Gasteiger partial charge in [-0.1, -0.05) is 6.07 Å². The van der Waals surface area contributed by atoms with Gasteiger partial charge in [-0.05, 0) is 49.7 Å². The monoisotopic (exact) mass is 436 g/mol. The van der Waals surface area contributed by atoms with E-state index in [9.17, 15) is 16.8 Å². The van der Waals surface area contributed by atoms with Gasteiger partial charge >= 0.3 is 0 Å². The zero-order valence-corrected chi connectivity index (χ0v) is 17.9. The first kappa shape index (κ1) is 20.9. The van der Waals surface area contributed by atoms with Gasteiger partial charge in [0.2, 0.25) is 5.89 Å². The molecule has 0 radical (unpaired) electrons. The number of sulfone groups is 1. The number of sulfonamides is 1. The molecule has 154 valence electrons. The van der Waals surface area contributed by atoms with Gasteiger partial charge in [0.25, 0.3) is 10.0 Å². The number of nitrogens with one attached hydrogen (secondary N) is 1. The molecule has 1 N–H and O–H groups in total. The standard InChI is InChI=1S/C19H20N2O6S2/c1-12-5-6-14(19-20-13(2)11-27-19)9-16(12)21-29(24,25)18-10-15(28(4,22)23)7-8-17(18)26-3/h5-11,21H,1-4H3. The summed E-state index contributed by atoms with van der Waals surface area (Å²) in [7, 11) is -6.44. The van der Waals surface area contributed by atoms with Gasteiger partial charge in [0, 0.05) is 11.8 Å². The Morgan fingerprint density at radius 2 is 1.76 bits per heavy atom. The molecule has 0 atom stereocenters. The van der Waals surface area contributed by atoms with Gasteiger partial charge in [-0.25, -0.2) is 21.8 Å². The maximum atomic E-state index is 13.0. The molecule has 0 amide bonds. The maximum absolute atomic E-state index is 13.0. The van der Waals surface area contributed by atoms with Crippen LogP contribution in [0.25, 0.3) is 11.5 Å². The van der Waals surface area contributed by atoms with Crippen molar-refractivity contribution < 1.29 is 26.0 Å². The highest BCUT2D eigenvalue weighted by atomic mass is 32.2. The molecule has 1 heterocycles. The van der Waals surface area contributed by atoms with E-state index >= 15 is 0 Å². The second-order valence-corrected chi connectivity index (χ2v) is 10.2. The van der Waals surface area contributed by atoms with Crippen LogP contribution in [0.4, 0.5) is 5.69 Å². The van der Waals surface area contributed by atoms with Gasteiger partial charge in [0.15, 0.2) is 9.84 Å². The molecule has 1 aromatic heterocycles. The number of hydrogen-bond donors (Lipinski definition) is 1. The van der Waals surface area contributed by atoms with Crippen LogP contribution >= 0.6 is 0 Å². The SMILES string of the molecule is COc1ccc(S(C)(=O)=O)cc1S(=O)(=O)Nc1cc(-c2nc(C)co2)ccc1C. The topological polar surface area (TPSA) is 116 Å². The van der Waals surface area contributed by atoms with E-state index in [0.717, 1.165) is 12.3 Å². The lowest BCUT2D eigenvalue weighted by Gasteiger charge is -2.14. The fourth-order valence-electron chi connectivity index (χ4n) is 2.65. The molecule has 0 unspecified atom stereocenters. The number of hydrogen-bond acceptors (Lipinski definition) is 7. The number of aryl methyl sites for hydroxylation is 2. The second kappa shape index (κ2) is 7.53. The average molecular weight is 437 g/mol. The average Bonchev–Trinajstić information content (AvgIpc) is 3.08. The number of rotatable bonds is 6. The molecule has 0 saturated heterocycles. The van der Waals surface area contributed by atoms with Crippen molar-refractivity contribution in [3.8, 4) is 17.2 Å². The normalized spacial score (nSPS) is 12.0. The number of ether oxygens (including phenoxy) is 1. The van der Waals surface area contributed by atoms with Gasteiger partial charge in [-0.2, -0.15) is 0 Å². The van der Waals surface area contributed by atoms with Gasteiger partial charge < -0.3 is 9.15 Å². The number of aromatic nitrogens is 1. The van der Waals surface area contributed by atoms with Crippen molar-refractivity contribution in [2.24, 2.45) is 0 Å². The first-order valence-corrected chi connectivity index (χ1v) is 11.8. The van der Waals surface area contributed by atoms with E-state index in [2.05, 4.69) is 9.71 Å². The molecule has 0 fully saturated rings. The molecule has 3 aromatic rings. The number of benzene rings is 2. The van der Waals surface area contributed by atoms with E-state index in [0.29, 0.717) is 28.4 Å². The Morgan fingerprint density at radius 1 is 1.03 bits per heavy atom. The van der Waals surface area contributed by atoms with Crippen molar-refractivity contribution in [3.63, 3.8) is 0 Å². The maximum Gasteiger partial charge on any atom is 0.265 e. The second-order valence-electron chi connectivity index (χ2n) is 6.51. The summed E-state index contributed by atoms with van der Waals surface area (Å²) in [5.74, 6) is 0.390. The molecule has 0 saturated carbocycles. The highest BCUT2D eigenvalue weighted by molar-refractivity contribution is 7.93. The number of anilines is 1. The van der Waals surface area contributed by atoms with Gasteiger partial charge in [-0.15, -0.1) is 0 Å². The number of oxazole rings is 1. The van der Waals surface area contributed by atoms with Crippen LogP contribution in [0.5, 0.6) is 5.75 Å². The molecule has 29 heavy (non-hydrogen) atoms. The van der Waals surface area contributed by atoms with Crippen LogP contribution in [0.15, 0.2) is 56.9 Å². The molecule has 8 nitrogen and oxygen atoms in total. The minimum absolute atomic E-state index is 0.0297. The van der Waals surface area contributed by atoms with Crippen LogP contribution in [0, 0.1) is 13.8 Å². The first-order valence-electron chi connectivity index (χ1n) is 8.45. The van der Waals surface area contributed by atoms with Crippen molar-refractivity contribution in [3.05, 3.63) is 53.9 Å². The zero-order chi connectivity index (χ0) is 21.4. The fraction of sp³-hybridized carbons (Fsp3) is 0.211. The number of nitrogens with zero attached hydrogens (tertiary/aromatic N) is 1. The molecule has 0 aliphatic heterocycles. The van der Waals surface area contributed by atoms with Crippen molar-refractivity contribution in [1.82, 2.24) is 4.98 Å². The zero-order valence-electron chi connectivity index (χ0n) is 16.3. The van der Waals surface area contributed by atoms with Crippen molar-refractivity contribution in [1.29, 1.82) is 0 Å². The number of methoxy groups -OCH3 is 1. The molecular weight excluding hydrogens is 416 g/mol. The van der Waals surface area contributed by atoms with Crippen molar-refractivity contribution >= 4 is 25.5 Å². The van der Waals surface area contributed by atoms with E-state index in [4.69, 9.17) is 9.15 Å². The molecule has 0 aliphatic rings. The predicted molar refractivity (Wildman–Crippen MR) is 108 cm³/mol. The lowest BCUT2D eigenvalue weighted by Crippen LogP contribution is -2.15.